The molecular formula is C9H13NO2S. The van der Waals surface area contributed by atoms with Crippen LogP contribution >= 0.6 is 11.3 Å². The molecular weight excluding hydrogens is 186 g/mol. The average Bonchev–Trinajstić information content (AvgIpc) is 2.51. The molecule has 0 unspecified atom stereocenters. The molecule has 0 aromatic carbocycles. The van der Waals surface area contributed by atoms with Crippen molar-refractivity contribution in [2.24, 2.45) is 0 Å². The lowest BCUT2D eigenvalue weighted by atomic mass is 10.3. The maximum Gasteiger partial charge on any atom is 0.325 e. The summed E-state index contributed by atoms with van der Waals surface area (Å²) in [5, 5.41) is 3.13. The van der Waals surface area contributed by atoms with Gasteiger partial charge in [0.15, 0.2) is 0 Å². The minimum absolute atomic E-state index is 0.213. The number of nitrogens with zero attached hydrogens (tertiary/aromatic N) is 1. The molecule has 0 amide bonds. The first-order valence-electron chi connectivity index (χ1n) is 3.97. The molecule has 0 aliphatic rings. The number of carbonyl (C=O) groups excluding carboxylic acids is 1. The van der Waals surface area contributed by atoms with Crippen molar-refractivity contribution >= 4 is 22.3 Å². The van der Waals surface area contributed by atoms with Gasteiger partial charge in [-0.05, 0) is 23.9 Å². The van der Waals surface area contributed by atoms with Gasteiger partial charge in [0.05, 0.1) is 12.1 Å². The lowest BCUT2D eigenvalue weighted by Gasteiger charge is -2.16. The van der Waals surface area contributed by atoms with Crippen LogP contribution in [0, 0.1) is 6.92 Å². The number of rotatable bonds is 3. The summed E-state index contributed by atoms with van der Waals surface area (Å²) in [6.45, 7) is 2.33. The zero-order chi connectivity index (χ0) is 9.84. The van der Waals surface area contributed by atoms with Crippen LogP contribution in [0.5, 0.6) is 0 Å². The summed E-state index contributed by atoms with van der Waals surface area (Å²) in [7, 11) is 3.28. The summed E-state index contributed by atoms with van der Waals surface area (Å²) in [6.07, 6.45) is 0. The monoisotopic (exact) mass is 199 g/mol. The van der Waals surface area contributed by atoms with Gasteiger partial charge in [0.1, 0.15) is 6.54 Å². The third-order valence-electron chi connectivity index (χ3n) is 1.78. The lowest BCUT2D eigenvalue weighted by Crippen LogP contribution is -2.26. The van der Waals surface area contributed by atoms with Gasteiger partial charge in [-0.25, -0.2) is 0 Å². The van der Waals surface area contributed by atoms with Gasteiger partial charge in [-0.15, -0.1) is 11.3 Å². The summed E-state index contributed by atoms with van der Waals surface area (Å²) >= 11 is 1.63. The first kappa shape index (κ1) is 10.1. The third kappa shape index (κ3) is 2.45. The molecule has 1 aromatic heterocycles. The Morgan fingerprint density at radius 1 is 1.69 bits per heavy atom. The highest BCUT2D eigenvalue weighted by atomic mass is 32.1. The zero-order valence-corrected chi connectivity index (χ0v) is 8.85. The van der Waals surface area contributed by atoms with Gasteiger partial charge in [0, 0.05) is 7.05 Å². The van der Waals surface area contributed by atoms with Crippen LogP contribution in [-0.4, -0.2) is 26.7 Å². The summed E-state index contributed by atoms with van der Waals surface area (Å²) < 4.78 is 4.58. The van der Waals surface area contributed by atoms with Crippen molar-refractivity contribution < 1.29 is 9.53 Å². The van der Waals surface area contributed by atoms with E-state index in [1.807, 2.05) is 30.3 Å². The van der Waals surface area contributed by atoms with Crippen LogP contribution in [0.1, 0.15) is 5.56 Å². The molecule has 0 aliphatic carbocycles. The predicted molar refractivity (Wildman–Crippen MR) is 54.3 cm³/mol. The summed E-state index contributed by atoms with van der Waals surface area (Å²) in [5.41, 5.74) is 1.19. The van der Waals surface area contributed by atoms with Crippen molar-refractivity contribution in [2.75, 3.05) is 25.6 Å². The van der Waals surface area contributed by atoms with Crippen LogP contribution in [0.15, 0.2) is 11.4 Å². The molecule has 1 heterocycles. The molecule has 0 fully saturated rings. The fourth-order valence-electron chi connectivity index (χ4n) is 1.09. The normalized spacial score (nSPS) is 9.77. The molecule has 72 valence electrons. The second kappa shape index (κ2) is 4.28. The highest BCUT2D eigenvalue weighted by Crippen LogP contribution is 2.25. The van der Waals surface area contributed by atoms with E-state index in [1.165, 1.54) is 12.7 Å². The summed E-state index contributed by atoms with van der Waals surface area (Å²) in [5.74, 6) is -0.213. The fourth-order valence-corrected chi connectivity index (χ4v) is 1.99. The van der Waals surface area contributed by atoms with E-state index in [4.69, 9.17) is 0 Å². The molecule has 1 aromatic rings. The molecule has 0 spiro atoms. The SMILES string of the molecule is COC(=O)CN(C)c1sccc1C. The molecule has 13 heavy (non-hydrogen) atoms. The number of hydrogen-bond donors (Lipinski definition) is 0. The second-order valence-corrected chi connectivity index (χ2v) is 3.74. The number of carbonyl (C=O) groups is 1. The smallest absolute Gasteiger partial charge is 0.325 e. The minimum Gasteiger partial charge on any atom is -0.468 e. The Morgan fingerprint density at radius 3 is 2.85 bits per heavy atom. The van der Waals surface area contributed by atoms with Crippen LogP contribution in [0.3, 0.4) is 0 Å². The molecule has 1 rings (SSSR count). The van der Waals surface area contributed by atoms with Gasteiger partial charge in [0.2, 0.25) is 0 Å². The molecule has 0 N–H and O–H groups in total. The van der Waals surface area contributed by atoms with Crippen molar-refractivity contribution in [3.05, 3.63) is 17.0 Å². The number of esters is 1. The molecule has 0 bridgehead atoms. The number of ether oxygens (including phenoxy) is 1. The maximum atomic E-state index is 11.0. The Bertz CT molecular complexity index is 296. The van der Waals surface area contributed by atoms with E-state index in [-0.39, 0.29) is 5.97 Å². The van der Waals surface area contributed by atoms with Crippen LogP contribution in [0.4, 0.5) is 5.00 Å². The first-order chi connectivity index (χ1) is 6.15. The van der Waals surface area contributed by atoms with Crippen molar-refractivity contribution in [1.82, 2.24) is 0 Å². The van der Waals surface area contributed by atoms with Gasteiger partial charge < -0.3 is 9.64 Å². The number of methoxy groups -OCH3 is 1. The maximum absolute atomic E-state index is 11.0. The molecule has 0 aliphatic heterocycles. The fraction of sp³-hybridized carbons (Fsp3) is 0.444. The Hall–Kier alpha value is -1.03. The van der Waals surface area contributed by atoms with E-state index < -0.39 is 0 Å². The largest absolute Gasteiger partial charge is 0.468 e. The molecule has 0 saturated heterocycles. The number of likely N-dealkylation sites (N-methyl/N-ethyl adjacent to an activating group) is 1. The van der Waals surface area contributed by atoms with Gasteiger partial charge in [0.25, 0.3) is 0 Å². The average molecular weight is 199 g/mol. The molecule has 0 saturated carbocycles. The number of thiophene rings is 1. The summed E-state index contributed by atoms with van der Waals surface area (Å²) in [4.78, 5) is 12.9. The Balaban J connectivity index is 2.63. The van der Waals surface area contributed by atoms with Gasteiger partial charge in [-0.1, -0.05) is 0 Å². The molecule has 3 nitrogen and oxygen atoms in total. The van der Waals surface area contributed by atoms with Crippen LogP contribution < -0.4 is 4.90 Å². The van der Waals surface area contributed by atoms with Gasteiger partial charge in [-0.3, -0.25) is 4.79 Å². The Morgan fingerprint density at radius 2 is 2.38 bits per heavy atom. The number of anilines is 1. The first-order valence-corrected chi connectivity index (χ1v) is 4.85. The van der Waals surface area contributed by atoms with E-state index in [2.05, 4.69) is 4.74 Å². The topological polar surface area (TPSA) is 29.5 Å². The van der Waals surface area contributed by atoms with E-state index in [0.717, 1.165) is 5.00 Å². The van der Waals surface area contributed by atoms with Crippen molar-refractivity contribution in [1.29, 1.82) is 0 Å². The van der Waals surface area contributed by atoms with E-state index >= 15 is 0 Å². The predicted octanol–water partition coefficient (Wildman–Crippen LogP) is 1.67. The molecule has 0 atom stereocenters. The lowest BCUT2D eigenvalue weighted by molar-refractivity contribution is -0.138. The van der Waals surface area contributed by atoms with Crippen LogP contribution in [0.2, 0.25) is 0 Å². The van der Waals surface area contributed by atoms with E-state index in [9.17, 15) is 4.79 Å². The van der Waals surface area contributed by atoms with Crippen LogP contribution in [-0.2, 0) is 9.53 Å². The van der Waals surface area contributed by atoms with Crippen molar-refractivity contribution in [3.8, 4) is 0 Å². The quantitative estimate of drug-likeness (QED) is 0.693. The third-order valence-corrected chi connectivity index (χ3v) is 2.90. The van der Waals surface area contributed by atoms with E-state index in [1.54, 1.807) is 11.3 Å². The second-order valence-electron chi connectivity index (χ2n) is 2.84. The van der Waals surface area contributed by atoms with Gasteiger partial charge >= 0.3 is 5.97 Å². The highest BCUT2D eigenvalue weighted by Gasteiger charge is 2.09. The van der Waals surface area contributed by atoms with Crippen LogP contribution in [0.25, 0.3) is 0 Å². The minimum atomic E-state index is -0.213. The van der Waals surface area contributed by atoms with Crippen molar-refractivity contribution in [2.45, 2.75) is 6.92 Å². The summed E-state index contributed by atoms with van der Waals surface area (Å²) in [6, 6.07) is 2.04. The Kier molecular flexibility index (Phi) is 3.31. The standard InChI is InChI=1S/C9H13NO2S/c1-7-4-5-13-9(7)10(2)6-8(11)12-3/h4-5H,6H2,1-3H3. The van der Waals surface area contributed by atoms with Gasteiger partial charge in [-0.2, -0.15) is 0 Å². The number of aryl methyl sites for hydroxylation is 1. The van der Waals surface area contributed by atoms with E-state index in [0.29, 0.717) is 6.54 Å². The Labute approximate surface area is 81.9 Å². The number of hydrogen-bond acceptors (Lipinski definition) is 4. The van der Waals surface area contributed by atoms with Crippen molar-refractivity contribution in [3.63, 3.8) is 0 Å². The molecule has 0 radical (unpaired) electrons. The molecule has 4 heteroatoms. The zero-order valence-electron chi connectivity index (χ0n) is 8.03. The highest BCUT2D eigenvalue weighted by molar-refractivity contribution is 7.14.